The Kier molecular flexibility index (Phi) is 8.54. The summed E-state index contributed by atoms with van der Waals surface area (Å²) in [6, 6.07) is 7.21. The van der Waals surface area contributed by atoms with E-state index in [0.29, 0.717) is 46.0 Å². The molecule has 1 aromatic carbocycles. The van der Waals surface area contributed by atoms with E-state index >= 15 is 0 Å². The average molecular weight is 531 g/mol. The minimum Gasteiger partial charge on any atom is -0.505 e. The normalized spacial score (nSPS) is 17.9. The topological polar surface area (TPSA) is 90.4 Å². The molecule has 0 aliphatic heterocycles. The van der Waals surface area contributed by atoms with Crippen LogP contribution in [0.1, 0.15) is 49.4 Å². The lowest BCUT2D eigenvalue weighted by Crippen LogP contribution is -2.32. The van der Waals surface area contributed by atoms with Crippen molar-refractivity contribution in [2.24, 2.45) is 5.92 Å². The van der Waals surface area contributed by atoms with Gasteiger partial charge in [0.1, 0.15) is 5.52 Å². The van der Waals surface area contributed by atoms with Gasteiger partial charge in [-0.05, 0) is 76.4 Å². The summed E-state index contributed by atoms with van der Waals surface area (Å²) in [4.78, 5) is 24.7. The van der Waals surface area contributed by atoms with Gasteiger partial charge < -0.3 is 20.6 Å². The van der Waals surface area contributed by atoms with Crippen LogP contribution in [0.25, 0.3) is 22.3 Å². The molecule has 0 spiro atoms. The maximum absolute atomic E-state index is 13.1. The van der Waals surface area contributed by atoms with Gasteiger partial charge in [-0.25, -0.2) is 4.98 Å². The summed E-state index contributed by atoms with van der Waals surface area (Å²) < 4.78 is 0. The van der Waals surface area contributed by atoms with Crippen molar-refractivity contribution in [3.05, 3.63) is 46.1 Å². The smallest absolute Gasteiger partial charge is 0.255 e. The van der Waals surface area contributed by atoms with Crippen molar-refractivity contribution in [3.8, 4) is 17.0 Å². The van der Waals surface area contributed by atoms with E-state index < -0.39 is 0 Å². The molecular weight excluding hydrogens is 497 g/mol. The zero-order chi connectivity index (χ0) is 25.8. The Morgan fingerprint density at radius 2 is 1.83 bits per heavy atom. The van der Waals surface area contributed by atoms with Crippen LogP contribution in [-0.4, -0.2) is 59.1 Å². The maximum Gasteiger partial charge on any atom is 0.255 e. The van der Waals surface area contributed by atoms with Crippen LogP contribution in [-0.2, 0) is 0 Å². The Balaban J connectivity index is 1.73. The Morgan fingerprint density at radius 1 is 1.14 bits per heavy atom. The van der Waals surface area contributed by atoms with Gasteiger partial charge in [-0.1, -0.05) is 30.1 Å². The molecule has 1 aliphatic rings. The molecule has 2 heterocycles. The highest BCUT2D eigenvalue weighted by atomic mass is 35.5. The number of aromatic nitrogens is 2. The zero-order valence-electron chi connectivity index (χ0n) is 20.9. The van der Waals surface area contributed by atoms with Crippen molar-refractivity contribution in [1.82, 2.24) is 20.2 Å². The molecule has 3 N–H and O–H groups in total. The van der Waals surface area contributed by atoms with E-state index in [1.54, 1.807) is 18.3 Å². The van der Waals surface area contributed by atoms with Gasteiger partial charge in [-0.2, -0.15) is 0 Å². The molecule has 0 saturated heterocycles. The van der Waals surface area contributed by atoms with Crippen LogP contribution in [0.2, 0.25) is 10.0 Å². The first kappa shape index (κ1) is 26.5. The van der Waals surface area contributed by atoms with Gasteiger partial charge in [0.2, 0.25) is 0 Å². The molecule has 1 amide bonds. The monoisotopic (exact) mass is 529 g/mol. The first-order valence-electron chi connectivity index (χ1n) is 12.4. The first-order valence-corrected chi connectivity index (χ1v) is 13.2. The lowest BCUT2D eigenvalue weighted by Gasteiger charge is -2.31. The number of phenolic OH excluding ortho intramolecular Hbond substituents is 1. The molecule has 0 unspecified atom stereocenters. The number of hydrogen-bond donors (Lipinski definition) is 3. The molecule has 192 valence electrons. The minimum atomic E-state index is -0.169. The fourth-order valence-corrected chi connectivity index (χ4v) is 5.29. The van der Waals surface area contributed by atoms with Gasteiger partial charge in [-0.15, -0.1) is 0 Å². The quantitative estimate of drug-likeness (QED) is 0.332. The highest BCUT2D eigenvalue weighted by molar-refractivity contribution is 6.37. The van der Waals surface area contributed by atoms with Crippen molar-refractivity contribution < 1.29 is 9.90 Å². The number of pyridine rings is 2. The molecule has 7 nitrogen and oxygen atoms in total. The number of nitrogens with zero attached hydrogens (tertiary/aromatic N) is 3. The average Bonchev–Trinajstić information content (AvgIpc) is 2.86. The number of aromatic hydroxyl groups is 1. The summed E-state index contributed by atoms with van der Waals surface area (Å²) in [6.07, 6.45) is 6.81. The number of anilines is 1. The fourth-order valence-electron chi connectivity index (χ4n) is 4.80. The Hall–Kier alpha value is -2.61. The predicted octanol–water partition coefficient (Wildman–Crippen LogP) is 5.98. The van der Waals surface area contributed by atoms with Crippen LogP contribution >= 0.6 is 23.2 Å². The summed E-state index contributed by atoms with van der Waals surface area (Å²) in [5, 5.41) is 16.9. The molecule has 36 heavy (non-hydrogen) atoms. The highest BCUT2D eigenvalue weighted by Crippen LogP contribution is 2.37. The number of carbonyl (C=O) groups excluding carboxylic acids is 1. The van der Waals surface area contributed by atoms with Crippen LogP contribution in [0, 0.1) is 5.92 Å². The molecular formula is C27H33Cl2N5O2. The Bertz CT molecular complexity index is 1220. The molecule has 1 fully saturated rings. The summed E-state index contributed by atoms with van der Waals surface area (Å²) in [5.74, 6) is 0.359. The van der Waals surface area contributed by atoms with Crippen molar-refractivity contribution in [2.75, 3.05) is 32.5 Å². The van der Waals surface area contributed by atoms with Gasteiger partial charge in [0, 0.05) is 30.9 Å². The molecule has 4 rings (SSSR count). The third-order valence-corrected chi connectivity index (χ3v) is 7.20. The van der Waals surface area contributed by atoms with E-state index in [2.05, 4.69) is 34.6 Å². The molecule has 0 bridgehead atoms. The van der Waals surface area contributed by atoms with Crippen LogP contribution < -0.4 is 10.6 Å². The molecule has 3 aromatic rings. The second kappa shape index (κ2) is 11.6. The number of carbonyl (C=O) groups is 1. The van der Waals surface area contributed by atoms with E-state index in [1.165, 1.54) is 0 Å². The third-order valence-electron chi connectivity index (χ3n) is 6.62. The third kappa shape index (κ3) is 6.02. The largest absolute Gasteiger partial charge is 0.505 e. The maximum atomic E-state index is 13.1. The first-order chi connectivity index (χ1) is 17.3. The second-order valence-electron chi connectivity index (χ2n) is 9.78. The Labute approximate surface area is 222 Å². The van der Waals surface area contributed by atoms with Crippen molar-refractivity contribution in [2.45, 2.75) is 45.1 Å². The molecule has 1 aliphatic carbocycles. The van der Waals surface area contributed by atoms with E-state index in [9.17, 15) is 9.90 Å². The number of halogens is 2. The van der Waals surface area contributed by atoms with E-state index in [4.69, 9.17) is 28.2 Å². The molecule has 9 heteroatoms. The zero-order valence-corrected chi connectivity index (χ0v) is 22.5. The molecule has 0 atom stereocenters. The van der Waals surface area contributed by atoms with Gasteiger partial charge >= 0.3 is 0 Å². The number of amides is 1. The van der Waals surface area contributed by atoms with Crippen molar-refractivity contribution in [3.63, 3.8) is 0 Å². The van der Waals surface area contributed by atoms with Crippen LogP contribution in [0.4, 0.5) is 5.69 Å². The lowest BCUT2D eigenvalue weighted by molar-refractivity contribution is 0.0954. The van der Waals surface area contributed by atoms with E-state index in [-0.39, 0.29) is 27.7 Å². The van der Waals surface area contributed by atoms with Crippen molar-refractivity contribution in [1.29, 1.82) is 0 Å². The van der Waals surface area contributed by atoms with Gasteiger partial charge in [-0.3, -0.25) is 9.78 Å². The minimum absolute atomic E-state index is 0.151. The lowest BCUT2D eigenvalue weighted by atomic mass is 9.85. The number of phenols is 1. The summed E-state index contributed by atoms with van der Waals surface area (Å²) >= 11 is 12.3. The number of benzene rings is 1. The summed E-state index contributed by atoms with van der Waals surface area (Å²) in [7, 11) is 4.23. The SMILES string of the molecule is CCCNC(=O)c1cnc2ccc(-c3cc(Cl)c(O)c(Cl)c3)nc2c1NC1CCC(CN(C)C)CC1. The number of rotatable bonds is 8. The van der Waals surface area contributed by atoms with Crippen molar-refractivity contribution >= 4 is 45.8 Å². The number of hydrogen-bond acceptors (Lipinski definition) is 6. The predicted molar refractivity (Wildman–Crippen MR) is 147 cm³/mol. The fraction of sp³-hybridized carbons (Fsp3) is 0.444. The number of fused-ring (bicyclic) bond motifs is 1. The number of nitrogens with one attached hydrogen (secondary N) is 2. The van der Waals surface area contributed by atoms with Gasteiger partial charge in [0.15, 0.2) is 5.75 Å². The van der Waals surface area contributed by atoms with Crippen LogP contribution in [0.3, 0.4) is 0 Å². The molecule has 0 radical (unpaired) electrons. The standard InChI is InChI=1S/C27H33Cl2N5O2/c1-4-11-30-27(36)19-14-31-23-10-9-22(17-12-20(28)26(35)21(29)13-17)33-25(23)24(19)32-18-7-5-16(6-8-18)15-34(2)3/h9-10,12-14,16,18,35H,4-8,11,15H2,1-3H3,(H,30,36)(H,31,32). The summed E-state index contributed by atoms with van der Waals surface area (Å²) in [5.41, 5.74) is 3.77. The molecule has 1 saturated carbocycles. The van der Waals surface area contributed by atoms with Gasteiger partial charge in [0.05, 0.1) is 32.5 Å². The van der Waals surface area contributed by atoms with E-state index in [0.717, 1.165) is 38.6 Å². The molecule has 2 aromatic heterocycles. The van der Waals surface area contributed by atoms with Crippen LogP contribution in [0.15, 0.2) is 30.5 Å². The van der Waals surface area contributed by atoms with E-state index in [1.807, 2.05) is 19.1 Å². The summed E-state index contributed by atoms with van der Waals surface area (Å²) in [6.45, 7) is 3.70. The second-order valence-corrected chi connectivity index (χ2v) is 10.6. The highest BCUT2D eigenvalue weighted by Gasteiger charge is 2.25. The van der Waals surface area contributed by atoms with Crippen LogP contribution in [0.5, 0.6) is 5.75 Å². The van der Waals surface area contributed by atoms with Gasteiger partial charge in [0.25, 0.3) is 5.91 Å². The Morgan fingerprint density at radius 3 is 2.47 bits per heavy atom.